The van der Waals surface area contributed by atoms with Crippen molar-refractivity contribution in [3.8, 4) is 0 Å². The summed E-state index contributed by atoms with van der Waals surface area (Å²) in [6.07, 6.45) is -0.274. The topological polar surface area (TPSA) is 98.5 Å². The van der Waals surface area contributed by atoms with Gasteiger partial charge in [-0.15, -0.1) is 0 Å². The molecule has 22 heavy (non-hydrogen) atoms. The van der Waals surface area contributed by atoms with Gasteiger partial charge in [-0.1, -0.05) is 0 Å². The first-order valence-corrected chi connectivity index (χ1v) is 7.37. The summed E-state index contributed by atoms with van der Waals surface area (Å²) in [6.45, 7) is 2.23. The molecular weight excluding hydrogens is 294 g/mol. The van der Waals surface area contributed by atoms with E-state index in [0.29, 0.717) is 26.4 Å². The predicted octanol–water partition coefficient (Wildman–Crippen LogP) is -1.13. The monoisotopic (exact) mass is 311 g/mol. The SMILES string of the molecule is O=C1CN(CC2CO2)C(=O)N(CC2CO2)C(=O)N1CC1CO1. The van der Waals surface area contributed by atoms with Crippen LogP contribution in [0.2, 0.25) is 0 Å². The second kappa shape index (κ2) is 5.18. The van der Waals surface area contributed by atoms with Crippen molar-refractivity contribution in [2.75, 3.05) is 46.0 Å². The molecule has 0 bridgehead atoms. The minimum absolute atomic E-state index is 0.0378. The van der Waals surface area contributed by atoms with Crippen LogP contribution < -0.4 is 0 Å². The maximum Gasteiger partial charge on any atom is 0.335 e. The third-order valence-electron chi connectivity index (χ3n) is 3.99. The molecule has 0 aromatic heterocycles. The summed E-state index contributed by atoms with van der Waals surface area (Å²) in [5.74, 6) is -0.381. The Hall–Kier alpha value is -1.71. The van der Waals surface area contributed by atoms with Gasteiger partial charge >= 0.3 is 12.1 Å². The largest absolute Gasteiger partial charge is 0.371 e. The lowest BCUT2D eigenvalue weighted by molar-refractivity contribution is -0.128. The van der Waals surface area contributed by atoms with Gasteiger partial charge in [-0.2, -0.15) is 0 Å². The molecule has 4 heterocycles. The van der Waals surface area contributed by atoms with E-state index in [4.69, 9.17) is 14.2 Å². The highest BCUT2D eigenvalue weighted by Crippen LogP contribution is 2.21. The van der Waals surface area contributed by atoms with Crippen LogP contribution in [0, 0.1) is 0 Å². The fourth-order valence-corrected chi connectivity index (χ4v) is 2.47. The van der Waals surface area contributed by atoms with E-state index in [0.717, 1.165) is 9.80 Å². The molecule has 0 aromatic carbocycles. The Balaban J connectivity index is 1.55. The van der Waals surface area contributed by atoms with Crippen molar-refractivity contribution < 1.29 is 28.6 Å². The molecule has 9 nitrogen and oxygen atoms in total. The van der Waals surface area contributed by atoms with Crippen LogP contribution in [0.25, 0.3) is 0 Å². The molecule has 0 radical (unpaired) electrons. The van der Waals surface area contributed by atoms with Crippen molar-refractivity contribution >= 4 is 18.0 Å². The Morgan fingerprint density at radius 1 is 0.773 bits per heavy atom. The van der Waals surface area contributed by atoms with E-state index in [-0.39, 0.29) is 43.9 Å². The number of rotatable bonds is 6. The molecule has 4 aliphatic rings. The Labute approximate surface area is 126 Å². The summed E-state index contributed by atoms with van der Waals surface area (Å²) in [5.41, 5.74) is 0. The van der Waals surface area contributed by atoms with Crippen molar-refractivity contribution in [3.05, 3.63) is 0 Å². The molecule has 9 heteroatoms. The third kappa shape index (κ3) is 2.92. The molecule has 5 amide bonds. The molecule has 4 rings (SSSR count). The number of carbonyl (C=O) groups is 3. The smallest absolute Gasteiger partial charge is 0.335 e. The number of epoxide rings is 3. The van der Waals surface area contributed by atoms with Crippen LogP contribution in [0.4, 0.5) is 9.59 Å². The van der Waals surface area contributed by atoms with Gasteiger partial charge < -0.3 is 19.1 Å². The Morgan fingerprint density at radius 3 is 1.82 bits per heavy atom. The van der Waals surface area contributed by atoms with E-state index in [1.807, 2.05) is 0 Å². The maximum atomic E-state index is 12.6. The normalized spacial score (nSPS) is 34.1. The third-order valence-corrected chi connectivity index (χ3v) is 3.99. The van der Waals surface area contributed by atoms with Gasteiger partial charge in [0.2, 0.25) is 5.91 Å². The van der Waals surface area contributed by atoms with E-state index in [1.54, 1.807) is 0 Å². The average molecular weight is 311 g/mol. The van der Waals surface area contributed by atoms with Gasteiger partial charge in [0.25, 0.3) is 0 Å². The van der Waals surface area contributed by atoms with Gasteiger partial charge in [0.05, 0.1) is 57.8 Å². The van der Waals surface area contributed by atoms with E-state index in [2.05, 4.69) is 0 Å². The maximum absolute atomic E-state index is 12.6. The number of amides is 5. The Morgan fingerprint density at radius 2 is 1.27 bits per heavy atom. The number of hydrogen-bond acceptors (Lipinski definition) is 6. The van der Waals surface area contributed by atoms with Crippen LogP contribution in [0.15, 0.2) is 0 Å². The molecule has 4 saturated heterocycles. The van der Waals surface area contributed by atoms with Crippen LogP contribution in [0.3, 0.4) is 0 Å². The summed E-state index contributed by atoms with van der Waals surface area (Å²) < 4.78 is 15.3. The fraction of sp³-hybridized carbons (Fsp3) is 0.769. The van der Waals surface area contributed by atoms with Crippen molar-refractivity contribution in [2.45, 2.75) is 18.3 Å². The summed E-state index contributed by atoms with van der Waals surface area (Å²) in [6, 6.07) is -1.04. The van der Waals surface area contributed by atoms with Crippen molar-refractivity contribution in [2.24, 2.45) is 0 Å². The highest BCUT2D eigenvalue weighted by Gasteiger charge is 2.44. The highest BCUT2D eigenvalue weighted by atomic mass is 16.6. The van der Waals surface area contributed by atoms with Gasteiger partial charge in [-0.05, 0) is 0 Å². The lowest BCUT2D eigenvalue weighted by Gasteiger charge is -2.25. The first-order chi connectivity index (χ1) is 10.6. The van der Waals surface area contributed by atoms with E-state index >= 15 is 0 Å². The first kappa shape index (κ1) is 13.9. The van der Waals surface area contributed by atoms with Crippen molar-refractivity contribution in [1.82, 2.24) is 14.7 Å². The standard InChI is InChI=1S/C13H17N3O6/c17-11-4-14(1-8-5-20-8)12(18)16(3-10-7-22-10)13(19)15(11)2-9-6-21-9/h8-10H,1-7H2. The zero-order valence-corrected chi connectivity index (χ0v) is 12.0. The zero-order valence-electron chi connectivity index (χ0n) is 12.0. The van der Waals surface area contributed by atoms with Gasteiger partial charge in [0.1, 0.15) is 6.54 Å². The van der Waals surface area contributed by atoms with Gasteiger partial charge in [-0.3, -0.25) is 9.69 Å². The minimum Gasteiger partial charge on any atom is -0.371 e. The number of carbonyl (C=O) groups excluding carboxylic acids is 3. The Bertz CT molecular complexity index is 514. The van der Waals surface area contributed by atoms with Gasteiger partial charge in [0, 0.05) is 0 Å². The number of urea groups is 2. The first-order valence-electron chi connectivity index (χ1n) is 7.37. The average Bonchev–Trinajstić information content (AvgIpc) is 3.35. The summed E-state index contributed by atoms with van der Waals surface area (Å²) in [4.78, 5) is 41.1. The van der Waals surface area contributed by atoms with Crippen LogP contribution in [0.1, 0.15) is 0 Å². The van der Waals surface area contributed by atoms with E-state index < -0.39 is 12.1 Å². The van der Waals surface area contributed by atoms with Crippen LogP contribution in [-0.2, 0) is 19.0 Å². The van der Waals surface area contributed by atoms with E-state index in [9.17, 15) is 14.4 Å². The van der Waals surface area contributed by atoms with Crippen LogP contribution >= 0.6 is 0 Å². The minimum atomic E-state index is -0.583. The lowest BCUT2D eigenvalue weighted by Crippen LogP contribution is -2.49. The zero-order chi connectivity index (χ0) is 15.3. The number of ether oxygens (including phenoxy) is 3. The molecule has 0 aliphatic carbocycles. The fourth-order valence-electron chi connectivity index (χ4n) is 2.47. The molecule has 4 aliphatic heterocycles. The van der Waals surface area contributed by atoms with Crippen molar-refractivity contribution in [1.29, 1.82) is 0 Å². The molecule has 0 saturated carbocycles. The van der Waals surface area contributed by atoms with Crippen LogP contribution in [-0.4, -0.2) is 97.0 Å². The predicted molar refractivity (Wildman–Crippen MR) is 70.0 cm³/mol. The van der Waals surface area contributed by atoms with Crippen molar-refractivity contribution in [3.63, 3.8) is 0 Å². The molecule has 0 aromatic rings. The molecule has 0 spiro atoms. The number of imide groups is 2. The second-order valence-electron chi connectivity index (χ2n) is 5.93. The number of hydrogen-bond donors (Lipinski definition) is 0. The summed E-state index contributed by atoms with van der Waals surface area (Å²) in [5, 5.41) is 0. The second-order valence-corrected chi connectivity index (χ2v) is 5.93. The van der Waals surface area contributed by atoms with Gasteiger partial charge in [0.15, 0.2) is 0 Å². The molecule has 0 N–H and O–H groups in total. The number of nitrogens with zero attached hydrogens (tertiary/aromatic N) is 3. The Kier molecular flexibility index (Phi) is 3.28. The molecule has 3 unspecified atom stereocenters. The van der Waals surface area contributed by atoms with E-state index in [1.165, 1.54) is 4.90 Å². The molecule has 120 valence electrons. The molecular formula is C13H17N3O6. The molecule has 3 atom stereocenters. The molecule has 4 fully saturated rings. The van der Waals surface area contributed by atoms with Crippen LogP contribution in [0.5, 0.6) is 0 Å². The van der Waals surface area contributed by atoms with Gasteiger partial charge in [-0.25, -0.2) is 14.5 Å². The summed E-state index contributed by atoms with van der Waals surface area (Å²) in [7, 11) is 0. The lowest BCUT2D eigenvalue weighted by atomic mass is 10.3. The summed E-state index contributed by atoms with van der Waals surface area (Å²) >= 11 is 0. The highest BCUT2D eigenvalue weighted by molar-refractivity contribution is 6.05. The quantitative estimate of drug-likeness (QED) is 0.576.